The number of sulfonamides is 1. The smallest absolute Gasteiger partial charge is 0.243 e. The number of hydrogen-bond acceptors (Lipinski definition) is 8. The second-order valence-electron chi connectivity index (χ2n) is 13.4. The quantitative estimate of drug-likeness (QED) is 0.0862. The molecule has 1 aliphatic heterocycles. The number of halogens is 2. The van der Waals surface area contributed by atoms with Crippen molar-refractivity contribution >= 4 is 62.0 Å². The van der Waals surface area contributed by atoms with Crippen LogP contribution in [0, 0.1) is 6.92 Å². The number of ether oxygens (including phenoxy) is 1. The number of guanidine groups is 2. The van der Waals surface area contributed by atoms with E-state index in [-0.39, 0.29) is 45.4 Å². The zero-order valence-corrected chi connectivity index (χ0v) is 31.7. The first-order chi connectivity index (χ1) is 24.8. The Bertz CT molecular complexity index is 1900. The molecular weight excluding hydrogens is 727 g/mol. The lowest BCUT2D eigenvalue weighted by atomic mass is 9.96. The molecule has 1 atom stereocenters. The van der Waals surface area contributed by atoms with Crippen LogP contribution in [0.4, 0.5) is 0 Å². The third-order valence-electron chi connectivity index (χ3n) is 9.53. The Morgan fingerprint density at radius 1 is 1.00 bits per heavy atom. The van der Waals surface area contributed by atoms with E-state index in [1.165, 1.54) is 12.1 Å². The Hall–Kier alpha value is -3.89. The standard InChI is InChI=1S/C35H48Cl2N10O4S/c1-23-10-11-24-7-6-9-28(31(24)43-23)51-22-26-27(36)12-13-29(30(26)37)52(49,50)45-35(14-3-4-15-35)32(48)47-19-17-46(18-20-47)21-25(44-34(40)41)8-2-5-16-42-33(38)39/h6-7,9-13,25,45H,2-5,8,14-22H2,1H3,(H4,38,39,42)(H4,40,41,44)/t25-/m1/s1. The molecule has 2 aromatic carbocycles. The van der Waals surface area contributed by atoms with Crippen LogP contribution in [0.15, 0.2) is 57.3 Å². The number of rotatable bonds is 15. The van der Waals surface area contributed by atoms with Crippen molar-refractivity contribution < 1.29 is 17.9 Å². The van der Waals surface area contributed by atoms with E-state index >= 15 is 0 Å². The van der Waals surface area contributed by atoms with Gasteiger partial charge in [0.15, 0.2) is 11.9 Å². The normalized spacial score (nSPS) is 16.8. The monoisotopic (exact) mass is 774 g/mol. The number of nitrogens with one attached hydrogen (secondary N) is 1. The van der Waals surface area contributed by atoms with E-state index in [0.717, 1.165) is 30.3 Å². The molecule has 282 valence electrons. The van der Waals surface area contributed by atoms with Crippen molar-refractivity contribution in [2.75, 3.05) is 39.3 Å². The molecule has 3 aromatic rings. The van der Waals surface area contributed by atoms with Crippen LogP contribution in [0.1, 0.15) is 56.2 Å². The summed E-state index contributed by atoms with van der Waals surface area (Å²) < 4.78 is 37.0. The molecule has 0 spiro atoms. The maximum atomic E-state index is 14.2. The highest BCUT2D eigenvalue weighted by Gasteiger charge is 2.47. The molecule has 0 bridgehead atoms. The van der Waals surface area contributed by atoms with Crippen LogP contribution in [0.25, 0.3) is 10.9 Å². The second-order valence-corrected chi connectivity index (χ2v) is 15.8. The number of pyridine rings is 1. The van der Waals surface area contributed by atoms with Gasteiger partial charge in [-0.05, 0) is 63.3 Å². The number of carbonyl (C=O) groups is 1. The predicted molar refractivity (Wildman–Crippen MR) is 206 cm³/mol. The zero-order valence-electron chi connectivity index (χ0n) is 29.4. The van der Waals surface area contributed by atoms with Gasteiger partial charge in [0.05, 0.1) is 11.1 Å². The number of amides is 1. The van der Waals surface area contributed by atoms with Crippen LogP contribution in [0.3, 0.4) is 0 Å². The van der Waals surface area contributed by atoms with E-state index in [4.69, 9.17) is 50.9 Å². The van der Waals surface area contributed by atoms with Gasteiger partial charge in [0.25, 0.3) is 0 Å². The number of aliphatic imine (C=N–C) groups is 2. The zero-order chi connectivity index (χ0) is 37.5. The number of aryl methyl sites for hydroxylation is 1. The van der Waals surface area contributed by atoms with Crippen LogP contribution in [-0.2, 0) is 21.4 Å². The number of benzene rings is 2. The number of hydrogen-bond donors (Lipinski definition) is 5. The number of fused-ring (bicyclic) bond motifs is 1. The van der Waals surface area contributed by atoms with Gasteiger partial charge in [0.1, 0.15) is 28.3 Å². The number of nitrogens with two attached hydrogens (primary N) is 4. The maximum absolute atomic E-state index is 14.2. The summed E-state index contributed by atoms with van der Waals surface area (Å²) in [6.07, 6.45) is 4.58. The summed E-state index contributed by atoms with van der Waals surface area (Å²) in [6.45, 7) is 5.02. The number of carbonyl (C=O) groups excluding carboxylic acids is 1. The lowest BCUT2D eigenvalue weighted by Gasteiger charge is -2.40. The van der Waals surface area contributed by atoms with Gasteiger partial charge in [-0.1, -0.05) is 54.2 Å². The van der Waals surface area contributed by atoms with Crippen molar-refractivity contribution in [3.05, 3.63) is 63.8 Å². The van der Waals surface area contributed by atoms with E-state index in [1.807, 2.05) is 31.2 Å². The van der Waals surface area contributed by atoms with Crippen LogP contribution < -0.4 is 32.4 Å². The molecule has 9 N–H and O–H groups in total. The molecule has 0 radical (unpaired) electrons. The summed E-state index contributed by atoms with van der Waals surface area (Å²) >= 11 is 13.3. The molecule has 1 saturated carbocycles. The summed E-state index contributed by atoms with van der Waals surface area (Å²) in [7, 11) is -4.26. The molecule has 2 fully saturated rings. The first kappa shape index (κ1) is 39.3. The molecule has 1 aromatic heterocycles. The Labute approximate surface area is 315 Å². The maximum Gasteiger partial charge on any atom is 0.243 e. The topological polar surface area (TPSA) is 221 Å². The number of piperazine rings is 1. The molecule has 1 amide bonds. The van der Waals surface area contributed by atoms with Crippen LogP contribution in [0.2, 0.25) is 10.0 Å². The molecule has 0 unspecified atom stereocenters. The number of aromatic nitrogens is 1. The highest BCUT2D eigenvalue weighted by Crippen LogP contribution is 2.37. The highest BCUT2D eigenvalue weighted by molar-refractivity contribution is 7.89. The van der Waals surface area contributed by atoms with Crippen molar-refractivity contribution in [3.63, 3.8) is 0 Å². The minimum absolute atomic E-state index is 0.0242. The van der Waals surface area contributed by atoms with E-state index in [2.05, 4.69) is 24.6 Å². The average molecular weight is 776 g/mol. The molecule has 5 rings (SSSR count). The average Bonchev–Trinajstić information content (AvgIpc) is 3.56. The van der Waals surface area contributed by atoms with Gasteiger partial charge in [-0.15, -0.1) is 0 Å². The lowest BCUT2D eigenvalue weighted by molar-refractivity contribution is -0.139. The van der Waals surface area contributed by atoms with Crippen LogP contribution in [-0.4, -0.2) is 91.9 Å². The molecule has 2 heterocycles. The first-order valence-electron chi connectivity index (χ1n) is 17.4. The largest absolute Gasteiger partial charge is 0.487 e. The lowest BCUT2D eigenvalue weighted by Crippen LogP contribution is -2.61. The summed E-state index contributed by atoms with van der Waals surface area (Å²) in [5.41, 5.74) is 22.8. The van der Waals surface area contributed by atoms with Crippen LogP contribution >= 0.6 is 23.2 Å². The van der Waals surface area contributed by atoms with Gasteiger partial charge in [-0.2, -0.15) is 4.72 Å². The highest BCUT2D eigenvalue weighted by atomic mass is 35.5. The van der Waals surface area contributed by atoms with E-state index < -0.39 is 15.6 Å². The Morgan fingerprint density at radius 3 is 2.42 bits per heavy atom. The van der Waals surface area contributed by atoms with Gasteiger partial charge in [0.2, 0.25) is 15.9 Å². The molecule has 14 nitrogen and oxygen atoms in total. The summed E-state index contributed by atoms with van der Waals surface area (Å²) in [6, 6.07) is 12.2. The fourth-order valence-corrected chi connectivity index (χ4v) is 9.20. The molecule has 1 aliphatic carbocycles. The SMILES string of the molecule is Cc1ccc2cccc(OCc3c(Cl)ccc(S(=O)(=O)NC4(C(=O)N5CCN(C[C@@H](CCCCN=C(N)N)N=C(N)N)CC5)CCCC4)c3Cl)c2n1. The van der Waals surface area contributed by atoms with Gasteiger partial charge in [-0.25, -0.2) is 18.4 Å². The van der Waals surface area contributed by atoms with Crippen molar-refractivity contribution in [1.29, 1.82) is 0 Å². The van der Waals surface area contributed by atoms with Crippen LogP contribution in [0.5, 0.6) is 5.75 Å². The van der Waals surface area contributed by atoms with E-state index in [9.17, 15) is 13.2 Å². The minimum atomic E-state index is -4.26. The molecule has 17 heteroatoms. The third kappa shape index (κ3) is 9.75. The Kier molecular flexibility index (Phi) is 13.1. The van der Waals surface area contributed by atoms with E-state index in [0.29, 0.717) is 81.8 Å². The van der Waals surface area contributed by atoms with Gasteiger partial charge in [-0.3, -0.25) is 14.7 Å². The van der Waals surface area contributed by atoms with Gasteiger partial charge in [0, 0.05) is 60.9 Å². The molecular formula is C35H48Cl2N10O4S. The second kappa shape index (κ2) is 17.3. The summed E-state index contributed by atoms with van der Waals surface area (Å²) in [5.74, 6) is 0.369. The fraction of sp³-hybridized carbons (Fsp3) is 0.486. The number of unbranched alkanes of at least 4 members (excludes halogenated alkanes) is 1. The van der Waals surface area contributed by atoms with Crippen molar-refractivity contribution in [3.8, 4) is 5.75 Å². The molecule has 52 heavy (non-hydrogen) atoms. The Morgan fingerprint density at radius 2 is 1.73 bits per heavy atom. The fourth-order valence-electron chi connectivity index (χ4n) is 6.89. The number of para-hydroxylation sites is 1. The van der Waals surface area contributed by atoms with Gasteiger partial charge < -0.3 is 32.6 Å². The first-order valence-corrected chi connectivity index (χ1v) is 19.7. The predicted octanol–water partition coefficient (Wildman–Crippen LogP) is 3.25. The van der Waals surface area contributed by atoms with Crippen molar-refractivity contribution in [2.24, 2.45) is 32.9 Å². The molecule has 1 saturated heterocycles. The Balaban J connectivity index is 1.25. The molecule has 2 aliphatic rings. The van der Waals surface area contributed by atoms with E-state index in [1.54, 1.807) is 11.0 Å². The summed E-state index contributed by atoms with van der Waals surface area (Å²) in [5, 5.41) is 1.09. The third-order valence-corrected chi connectivity index (χ3v) is 12.0. The van der Waals surface area contributed by atoms with Gasteiger partial charge >= 0.3 is 0 Å². The summed E-state index contributed by atoms with van der Waals surface area (Å²) in [4.78, 5) is 31.0. The minimum Gasteiger partial charge on any atom is -0.487 e. The van der Waals surface area contributed by atoms with Crippen molar-refractivity contribution in [2.45, 2.75) is 75.0 Å². The van der Waals surface area contributed by atoms with Crippen molar-refractivity contribution in [1.82, 2.24) is 19.5 Å². The number of nitrogens with zero attached hydrogens (tertiary/aromatic N) is 5.